The fourth-order valence-corrected chi connectivity index (χ4v) is 2.42. The van der Waals surface area contributed by atoms with Gasteiger partial charge in [-0.2, -0.15) is 5.10 Å². The highest BCUT2D eigenvalue weighted by molar-refractivity contribution is 5.73. The lowest BCUT2D eigenvalue weighted by Gasteiger charge is -2.17. The van der Waals surface area contributed by atoms with E-state index in [0.717, 1.165) is 16.8 Å². The van der Waals surface area contributed by atoms with Gasteiger partial charge in [0.1, 0.15) is 0 Å². The maximum Gasteiger partial charge on any atom is 0.317 e. The highest BCUT2D eigenvalue weighted by atomic mass is 16.2. The summed E-state index contributed by atoms with van der Waals surface area (Å²) in [4.78, 5) is 13.8. The van der Waals surface area contributed by atoms with Gasteiger partial charge in [0, 0.05) is 31.9 Å². The number of rotatable bonds is 5. The molecule has 0 saturated carbocycles. The average Bonchev–Trinajstić information content (AvgIpc) is 3.10. The third kappa shape index (κ3) is 4.01. The number of carbonyl (C=O) groups is 1. The van der Waals surface area contributed by atoms with Crippen LogP contribution in [0.4, 0.5) is 4.79 Å². The van der Waals surface area contributed by atoms with Gasteiger partial charge in [-0.25, -0.2) is 9.48 Å². The molecule has 0 spiro atoms. The number of nitrogens with zero attached hydrogens (tertiary/aromatic N) is 3. The molecule has 3 rings (SSSR count). The number of hydrogen-bond acceptors (Lipinski definition) is 2. The standard InChI is InChI=1S/C19H20N4O/c1-22(14-16-8-4-2-5-9-16)19(24)20-12-17-13-21-23(15-17)18-10-6-3-7-11-18/h2-11,13,15H,12,14H2,1H3,(H,20,24). The molecule has 1 aromatic heterocycles. The van der Waals surface area contributed by atoms with E-state index in [1.165, 1.54) is 0 Å². The molecule has 0 aliphatic rings. The number of aromatic nitrogens is 2. The molecule has 1 N–H and O–H groups in total. The first-order valence-electron chi connectivity index (χ1n) is 7.84. The number of para-hydroxylation sites is 1. The summed E-state index contributed by atoms with van der Waals surface area (Å²) < 4.78 is 1.80. The molecule has 2 amide bonds. The minimum absolute atomic E-state index is 0.105. The van der Waals surface area contributed by atoms with Crippen LogP contribution in [0.5, 0.6) is 0 Å². The lowest BCUT2D eigenvalue weighted by molar-refractivity contribution is 0.206. The predicted octanol–water partition coefficient (Wildman–Crippen LogP) is 3.21. The van der Waals surface area contributed by atoms with Gasteiger partial charge in [0.15, 0.2) is 0 Å². The lowest BCUT2D eigenvalue weighted by atomic mass is 10.2. The molecule has 122 valence electrons. The second-order valence-electron chi connectivity index (χ2n) is 5.63. The quantitative estimate of drug-likeness (QED) is 0.785. The van der Waals surface area contributed by atoms with Gasteiger partial charge >= 0.3 is 6.03 Å². The van der Waals surface area contributed by atoms with Crippen LogP contribution in [0.3, 0.4) is 0 Å². The fraction of sp³-hybridized carbons (Fsp3) is 0.158. The number of amides is 2. The molecule has 0 unspecified atom stereocenters. The average molecular weight is 320 g/mol. The van der Waals surface area contributed by atoms with Crippen LogP contribution in [0.25, 0.3) is 5.69 Å². The fourth-order valence-electron chi connectivity index (χ4n) is 2.42. The Labute approximate surface area is 141 Å². The van der Waals surface area contributed by atoms with E-state index in [-0.39, 0.29) is 6.03 Å². The minimum atomic E-state index is -0.105. The van der Waals surface area contributed by atoms with E-state index in [1.807, 2.05) is 66.9 Å². The van der Waals surface area contributed by atoms with Crippen molar-refractivity contribution in [1.29, 1.82) is 0 Å². The molecule has 0 bridgehead atoms. The van der Waals surface area contributed by atoms with Crippen LogP contribution in [0, 0.1) is 0 Å². The molecule has 0 saturated heterocycles. The maximum atomic E-state index is 12.2. The van der Waals surface area contributed by atoms with E-state index < -0.39 is 0 Å². The molecule has 0 atom stereocenters. The Morgan fingerprint density at radius 2 is 1.71 bits per heavy atom. The molecule has 0 radical (unpaired) electrons. The summed E-state index contributed by atoms with van der Waals surface area (Å²) in [6.45, 7) is 1.03. The number of benzene rings is 2. The first-order chi connectivity index (χ1) is 11.7. The molecule has 3 aromatic rings. The molecule has 0 fully saturated rings. The summed E-state index contributed by atoms with van der Waals surface area (Å²) in [6.07, 6.45) is 3.69. The zero-order valence-electron chi connectivity index (χ0n) is 13.6. The van der Waals surface area contributed by atoms with E-state index in [0.29, 0.717) is 13.1 Å². The Kier molecular flexibility index (Phi) is 4.91. The Bertz CT molecular complexity index is 783. The highest BCUT2D eigenvalue weighted by Crippen LogP contribution is 2.08. The smallest absolute Gasteiger partial charge is 0.317 e. The van der Waals surface area contributed by atoms with Gasteiger partial charge in [-0.1, -0.05) is 48.5 Å². The van der Waals surface area contributed by atoms with Crippen LogP contribution in [-0.4, -0.2) is 27.8 Å². The molecule has 1 heterocycles. The Balaban J connectivity index is 1.54. The number of nitrogens with one attached hydrogen (secondary N) is 1. The van der Waals surface area contributed by atoms with E-state index in [4.69, 9.17) is 0 Å². The van der Waals surface area contributed by atoms with Crippen LogP contribution in [-0.2, 0) is 13.1 Å². The Morgan fingerprint density at radius 1 is 1.04 bits per heavy atom. The monoisotopic (exact) mass is 320 g/mol. The van der Waals surface area contributed by atoms with Crippen LogP contribution in [0.15, 0.2) is 73.1 Å². The second kappa shape index (κ2) is 7.46. The van der Waals surface area contributed by atoms with E-state index >= 15 is 0 Å². The van der Waals surface area contributed by atoms with Crippen molar-refractivity contribution in [3.63, 3.8) is 0 Å². The van der Waals surface area contributed by atoms with Crippen LogP contribution < -0.4 is 5.32 Å². The number of carbonyl (C=O) groups excluding carboxylic acids is 1. The first kappa shape index (κ1) is 15.8. The van der Waals surface area contributed by atoms with Gasteiger partial charge < -0.3 is 10.2 Å². The van der Waals surface area contributed by atoms with Crippen molar-refractivity contribution in [2.24, 2.45) is 0 Å². The van der Waals surface area contributed by atoms with Crippen LogP contribution in [0.1, 0.15) is 11.1 Å². The Morgan fingerprint density at radius 3 is 2.42 bits per heavy atom. The second-order valence-corrected chi connectivity index (χ2v) is 5.63. The van der Waals surface area contributed by atoms with Crippen LogP contribution in [0.2, 0.25) is 0 Å². The molecule has 5 nitrogen and oxygen atoms in total. The van der Waals surface area contributed by atoms with Crippen molar-refractivity contribution in [2.45, 2.75) is 13.1 Å². The van der Waals surface area contributed by atoms with Crippen molar-refractivity contribution < 1.29 is 4.79 Å². The third-order valence-electron chi connectivity index (χ3n) is 3.71. The van der Waals surface area contributed by atoms with Crippen molar-refractivity contribution in [2.75, 3.05) is 7.05 Å². The molecule has 0 aliphatic carbocycles. The zero-order valence-corrected chi connectivity index (χ0v) is 13.6. The zero-order chi connectivity index (χ0) is 16.8. The van der Waals surface area contributed by atoms with E-state index in [2.05, 4.69) is 10.4 Å². The summed E-state index contributed by atoms with van der Waals surface area (Å²) in [5.74, 6) is 0. The maximum absolute atomic E-state index is 12.2. The third-order valence-corrected chi connectivity index (χ3v) is 3.71. The highest BCUT2D eigenvalue weighted by Gasteiger charge is 2.09. The van der Waals surface area contributed by atoms with Crippen molar-refractivity contribution in [1.82, 2.24) is 20.0 Å². The molecule has 5 heteroatoms. The van der Waals surface area contributed by atoms with Gasteiger partial charge in [-0.15, -0.1) is 0 Å². The molecular formula is C19H20N4O. The minimum Gasteiger partial charge on any atom is -0.334 e. The molecule has 2 aromatic carbocycles. The van der Waals surface area contributed by atoms with E-state index in [9.17, 15) is 4.79 Å². The first-order valence-corrected chi connectivity index (χ1v) is 7.84. The number of urea groups is 1. The summed E-state index contributed by atoms with van der Waals surface area (Å²) in [5, 5.41) is 7.25. The van der Waals surface area contributed by atoms with Crippen molar-refractivity contribution in [3.05, 3.63) is 84.2 Å². The van der Waals surface area contributed by atoms with Gasteiger partial charge in [0.25, 0.3) is 0 Å². The lowest BCUT2D eigenvalue weighted by Crippen LogP contribution is -2.36. The SMILES string of the molecule is CN(Cc1ccccc1)C(=O)NCc1cnn(-c2ccccc2)c1. The summed E-state index contributed by atoms with van der Waals surface area (Å²) in [7, 11) is 1.79. The van der Waals surface area contributed by atoms with Crippen molar-refractivity contribution >= 4 is 6.03 Å². The summed E-state index contributed by atoms with van der Waals surface area (Å²) in [6, 6.07) is 19.7. The largest absolute Gasteiger partial charge is 0.334 e. The van der Waals surface area contributed by atoms with Gasteiger partial charge in [0.2, 0.25) is 0 Å². The normalized spacial score (nSPS) is 10.4. The predicted molar refractivity (Wildman–Crippen MR) is 93.7 cm³/mol. The van der Waals surface area contributed by atoms with Gasteiger partial charge in [-0.05, 0) is 17.7 Å². The van der Waals surface area contributed by atoms with Gasteiger partial charge in [0.05, 0.1) is 11.9 Å². The van der Waals surface area contributed by atoms with Crippen LogP contribution >= 0.6 is 0 Å². The van der Waals surface area contributed by atoms with E-state index in [1.54, 1.807) is 22.8 Å². The Hall–Kier alpha value is -3.08. The topological polar surface area (TPSA) is 50.2 Å². The number of hydrogen-bond donors (Lipinski definition) is 1. The summed E-state index contributed by atoms with van der Waals surface area (Å²) in [5.41, 5.74) is 3.06. The molecule has 24 heavy (non-hydrogen) atoms. The molecule has 0 aliphatic heterocycles. The van der Waals surface area contributed by atoms with Crippen molar-refractivity contribution in [3.8, 4) is 5.69 Å². The van der Waals surface area contributed by atoms with Gasteiger partial charge in [-0.3, -0.25) is 0 Å². The molecular weight excluding hydrogens is 300 g/mol. The summed E-state index contributed by atoms with van der Waals surface area (Å²) >= 11 is 0.